The smallest absolute Gasteiger partial charge is 0.302 e. The van der Waals surface area contributed by atoms with Crippen LogP contribution in [-0.2, 0) is 9.53 Å². The van der Waals surface area contributed by atoms with Gasteiger partial charge in [-0.15, -0.1) is 0 Å². The minimum atomic E-state index is -1.76. The molecular weight excluding hydrogens is 252 g/mol. The predicted molar refractivity (Wildman–Crippen MR) is 83.3 cm³/mol. The van der Waals surface area contributed by atoms with Crippen LogP contribution in [0.25, 0.3) is 0 Å². The van der Waals surface area contributed by atoms with E-state index in [4.69, 9.17) is 4.74 Å². The summed E-state index contributed by atoms with van der Waals surface area (Å²) in [5, 5.41) is 1.36. The van der Waals surface area contributed by atoms with Crippen LogP contribution in [0.4, 0.5) is 0 Å². The first-order valence-electron chi connectivity index (χ1n) is 7.21. The lowest BCUT2D eigenvalue weighted by Gasteiger charge is -2.32. The van der Waals surface area contributed by atoms with Gasteiger partial charge in [-0.05, 0) is 6.42 Å². The number of carbonyl (C=O) groups is 1. The first-order valence-corrected chi connectivity index (χ1v) is 10.3. The zero-order valence-corrected chi connectivity index (χ0v) is 13.6. The zero-order chi connectivity index (χ0) is 14.3. The molecule has 19 heavy (non-hydrogen) atoms. The van der Waals surface area contributed by atoms with Crippen LogP contribution in [-0.4, -0.2) is 19.8 Å². The summed E-state index contributed by atoms with van der Waals surface area (Å²) >= 11 is 0. The largest absolute Gasteiger partial charge is 0.466 e. The molecule has 0 aliphatic heterocycles. The fourth-order valence-electron chi connectivity index (χ4n) is 2.40. The Kier molecular flexibility index (Phi) is 6.29. The van der Waals surface area contributed by atoms with E-state index in [0.717, 1.165) is 12.8 Å². The van der Waals surface area contributed by atoms with Gasteiger partial charge in [-0.1, -0.05) is 74.8 Å². The van der Waals surface area contributed by atoms with Crippen molar-refractivity contribution in [3.8, 4) is 0 Å². The van der Waals surface area contributed by atoms with E-state index in [0.29, 0.717) is 0 Å². The number of hydrogen-bond donors (Lipinski definition) is 0. The summed E-state index contributed by atoms with van der Waals surface area (Å²) in [6.45, 7) is 8.30. The van der Waals surface area contributed by atoms with Gasteiger partial charge < -0.3 is 4.74 Å². The third-order valence-electron chi connectivity index (χ3n) is 3.70. The number of benzene rings is 1. The van der Waals surface area contributed by atoms with Crippen LogP contribution in [0.3, 0.4) is 0 Å². The molecule has 0 aromatic heterocycles. The summed E-state index contributed by atoms with van der Waals surface area (Å²) in [5.41, 5.74) is 0.0824. The minimum Gasteiger partial charge on any atom is -0.466 e. The number of carbonyl (C=O) groups excluding carboxylic acids is 1. The van der Waals surface area contributed by atoms with Gasteiger partial charge >= 0.3 is 5.97 Å². The summed E-state index contributed by atoms with van der Waals surface area (Å²) in [6, 6.07) is 10.5. The average Bonchev–Trinajstić information content (AvgIpc) is 2.38. The lowest BCUT2D eigenvalue weighted by molar-refractivity contribution is -0.143. The molecule has 106 valence electrons. The lowest BCUT2D eigenvalue weighted by atomic mass is 10.2. The van der Waals surface area contributed by atoms with E-state index in [1.807, 2.05) is 6.07 Å². The Bertz CT molecular complexity index is 387. The fourth-order valence-corrected chi connectivity index (χ4v) is 5.21. The molecule has 0 aliphatic rings. The molecule has 0 radical (unpaired) electrons. The monoisotopic (exact) mass is 278 g/mol. The Hall–Kier alpha value is -1.09. The second-order valence-corrected chi connectivity index (χ2v) is 10.3. The molecule has 1 rings (SSSR count). The van der Waals surface area contributed by atoms with E-state index < -0.39 is 8.07 Å². The highest BCUT2D eigenvalue weighted by molar-refractivity contribution is 6.90. The Balaban J connectivity index is 2.85. The quantitative estimate of drug-likeness (QED) is 0.432. The summed E-state index contributed by atoms with van der Waals surface area (Å²) in [7, 11) is -1.76. The number of rotatable bonds is 7. The van der Waals surface area contributed by atoms with Gasteiger partial charge in [0.1, 0.15) is 8.07 Å². The first kappa shape index (κ1) is 16.0. The highest BCUT2D eigenvalue weighted by Gasteiger charge is 2.35. The molecule has 0 aliphatic carbocycles. The molecule has 0 amide bonds. The van der Waals surface area contributed by atoms with Gasteiger partial charge in [0, 0.05) is 6.92 Å². The first-order chi connectivity index (χ1) is 8.98. The molecular formula is C16H26O2Si. The van der Waals surface area contributed by atoms with Gasteiger partial charge in [-0.3, -0.25) is 4.79 Å². The van der Waals surface area contributed by atoms with Crippen LogP contribution >= 0.6 is 0 Å². The maximum Gasteiger partial charge on any atom is 0.302 e. The summed E-state index contributed by atoms with van der Waals surface area (Å²) < 4.78 is 5.64. The average molecular weight is 278 g/mol. The van der Waals surface area contributed by atoms with Crippen molar-refractivity contribution in [3.05, 3.63) is 30.3 Å². The molecule has 0 fully saturated rings. The standard InChI is InChI=1S/C16H26O2Si/c1-5-6-8-13-16(18-14(2)17)19(3,4)15-11-9-7-10-12-15/h7,9-12,16H,5-6,8,13H2,1-4H3. The molecule has 0 bridgehead atoms. The Morgan fingerprint density at radius 2 is 1.84 bits per heavy atom. The van der Waals surface area contributed by atoms with Crippen molar-refractivity contribution in [1.29, 1.82) is 0 Å². The van der Waals surface area contributed by atoms with E-state index in [1.54, 1.807) is 0 Å². The van der Waals surface area contributed by atoms with Crippen molar-refractivity contribution in [2.75, 3.05) is 0 Å². The van der Waals surface area contributed by atoms with Crippen molar-refractivity contribution >= 4 is 19.2 Å². The molecule has 0 saturated heterocycles. The van der Waals surface area contributed by atoms with E-state index in [1.165, 1.54) is 25.0 Å². The van der Waals surface area contributed by atoms with Crippen molar-refractivity contribution in [1.82, 2.24) is 0 Å². The topological polar surface area (TPSA) is 26.3 Å². The van der Waals surface area contributed by atoms with Gasteiger partial charge in [0.15, 0.2) is 0 Å². The van der Waals surface area contributed by atoms with Crippen LogP contribution < -0.4 is 5.19 Å². The van der Waals surface area contributed by atoms with Gasteiger partial charge in [-0.2, -0.15) is 0 Å². The highest BCUT2D eigenvalue weighted by Crippen LogP contribution is 2.19. The molecule has 1 unspecified atom stereocenters. The number of ether oxygens (including phenoxy) is 1. The van der Waals surface area contributed by atoms with E-state index in [2.05, 4.69) is 44.3 Å². The van der Waals surface area contributed by atoms with E-state index in [9.17, 15) is 4.79 Å². The number of hydrogen-bond acceptors (Lipinski definition) is 2. The predicted octanol–water partition coefficient (Wildman–Crippen LogP) is 3.65. The highest BCUT2D eigenvalue weighted by atomic mass is 28.3. The van der Waals surface area contributed by atoms with Crippen LogP contribution in [0.5, 0.6) is 0 Å². The van der Waals surface area contributed by atoms with Gasteiger partial charge in [0.2, 0.25) is 0 Å². The van der Waals surface area contributed by atoms with Crippen molar-refractivity contribution in [2.24, 2.45) is 0 Å². The third-order valence-corrected chi connectivity index (χ3v) is 7.54. The SMILES string of the molecule is CCCCCC(OC(C)=O)[Si](C)(C)c1ccccc1. The molecule has 1 aromatic carbocycles. The van der Waals surface area contributed by atoms with Gasteiger partial charge in [0.05, 0.1) is 5.73 Å². The third kappa shape index (κ3) is 4.82. The zero-order valence-electron chi connectivity index (χ0n) is 12.6. The second-order valence-electron chi connectivity index (χ2n) is 5.68. The molecule has 0 spiro atoms. The number of unbranched alkanes of at least 4 members (excludes halogenated alkanes) is 2. The molecule has 1 aromatic rings. The normalized spacial score (nSPS) is 13.1. The minimum absolute atomic E-state index is 0.0824. The van der Waals surface area contributed by atoms with Crippen LogP contribution in [0.2, 0.25) is 13.1 Å². The Morgan fingerprint density at radius 1 is 1.21 bits per heavy atom. The van der Waals surface area contributed by atoms with Crippen LogP contribution in [0, 0.1) is 0 Å². The van der Waals surface area contributed by atoms with Crippen molar-refractivity contribution < 1.29 is 9.53 Å². The van der Waals surface area contributed by atoms with E-state index >= 15 is 0 Å². The molecule has 0 saturated carbocycles. The lowest BCUT2D eigenvalue weighted by Crippen LogP contribution is -2.54. The second kappa shape index (κ2) is 7.48. The Morgan fingerprint density at radius 3 is 2.37 bits per heavy atom. The molecule has 2 nitrogen and oxygen atoms in total. The summed E-state index contributed by atoms with van der Waals surface area (Å²) in [4.78, 5) is 11.4. The number of esters is 1. The van der Waals surface area contributed by atoms with Crippen LogP contribution in [0.15, 0.2) is 30.3 Å². The molecule has 3 heteroatoms. The molecule has 0 N–H and O–H groups in total. The van der Waals surface area contributed by atoms with Gasteiger partial charge in [-0.25, -0.2) is 0 Å². The van der Waals surface area contributed by atoms with Crippen LogP contribution in [0.1, 0.15) is 39.5 Å². The summed E-state index contributed by atoms with van der Waals surface area (Å²) in [6.07, 6.45) is 4.52. The maximum absolute atomic E-state index is 11.4. The summed E-state index contributed by atoms with van der Waals surface area (Å²) in [5.74, 6) is -0.155. The Labute approximate surface area is 118 Å². The van der Waals surface area contributed by atoms with Crippen molar-refractivity contribution in [2.45, 2.75) is 58.4 Å². The molecule has 0 heterocycles. The van der Waals surface area contributed by atoms with Gasteiger partial charge in [0.25, 0.3) is 0 Å². The van der Waals surface area contributed by atoms with E-state index in [-0.39, 0.29) is 11.7 Å². The van der Waals surface area contributed by atoms with Crippen molar-refractivity contribution in [3.63, 3.8) is 0 Å². The maximum atomic E-state index is 11.4. The molecule has 1 atom stereocenters. The fraction of sp³-hybridized carbons (Fsp3) is 0.562.